The quantitative estimate of drug-likeness (QED) is 0.868. The minimum atomic E-state index is -1.04. The molecule has 4 nitrogen and oxygen atoms in total. The third-order valence-corrected chi connectivity index (χ3v) is 3.92. The number of aryl methyl sites for hydroxylation is 1. The highest BCUT2D eigenvalue weighted by atomic mass is 79.9. The Morgan fingerprint density at radius 1 is 1.45 bits per heavy atom. The lowest BCUT2D eigenvalue weighted by molar-refractivity contribution is 0.0661. The second kappa shape index (κ2) is 6.24. The van der Waals surface area contributed by atoms with Crippen molar-refractivity contribution in [3.63, 3.8) is 0 Å². The molecule has 1 atom stereocenters. The molecule has 0 aliphatic heterocycles. The monoisotopic (exact) mass is 337 g/mol. The van der Waals surface area contributed by atoms with Gasteiger partial charge in [0.1, 0.15) is 5.76 Å². The van der Waals surface area contributed by atoms with Gasteiger partial charge < -0.3 is 14.8 Å². The van der Waals surface area contributed by atoms with Crippen molar-refractivity contribution in [2.45, 2.75) is 26.4 Å². The lowest BCUT2D eigenvalue weighted by Gasteiger charge is -2.15. The molecular formula is C15H16BrNO3. The highest BCUT2D eigenvalue weighted by Crippen LogP contribution is 2.23. The van der Waals surface area contributed by atoms with Gasteiger partial charge in [-0.3, -0.25) is 0 Å². The predicted molar refractivity (Wildman–Crippen MR) is 79.8 cm³/mol. The zero-order chi connectivity index (χ0) is 14.7. The van der Waals surface area contributed by atoms with Gasteiger partial charge in [0.2, 0.25) is 5.76 Å². The van der Waals surface area contributed by atoms with Crippen molar-refractivity contribution in [3.05, 3.63) is 57.5 Å². The summed E-state index contributed by atoms with van der Waals surface area (Å²) in [5.41, 5.74) is 2.02. The molecule has 5 heteroatoms. The molecule has 0 unspecified atom stereocenters. The number of furan rings is 1. The van der Waals surface area contributed by atoms with Crippen molar-refractivity contribution in [2.75, 3.05) is 0 Å². The zero-order valence-corrected chi connectivity index (χ0v) is 12.9. The summed E-state index contributed by atoms with van der Waals surface area (Å²) in [4.78, 5) is 10.9. The largest absolute Gasteiger partial charge is 0.475 e. The summed E-state index contributed by atoms with van der Waals surface area (Å²) in [6.45, 7) is 4.39. The fourth-order valence-electron chi connectivity index (χ4n) is 2.00. The summed E-state index contributed by atoms with van der Waals surface area (Å²) in [5, 5.41) is 12.3. The second-order valence-corrected chi connectivity index (χ2v) is 5.48. The van der Waals surface area contributed by atoms with Gasteiger partial charge in [-0.05, 0) is 31.5 Å². The highest BCUT2D eigenvalue weighted by Gasteiger charge is 2.14. The van der Waals surface area contributed by atoms with Gasteiger partial charge in [0, 0.05) is 22.6 Å². The van der Waals surface area contributed by atoms with Gasteiger partial charge in [-0.25, -0.2) is 4.79 Å². The van der Waals surface area contributed by atoms with E-state index in [4.69, 9.17) is 9.52 Å². The van der Waals surface area contributed by atoms with Crippen molar-refractivity contribution in [2.24, 2.45) is 0 Å². The topological polar surface area (TPSA) is 62.5 Å². The molecule has 2 N–H and O–H groups in total. The Morgan fingerprint density at radius 3 is 2.75 bits per heavy atom. The van der Waals surface area contributed by atoms with Gasteiger partial charge in [0.05, 0.1) is 0 Å². The summed E-state index contributed by atoms with van der Waals surface area (Å²) in [7, 11) is 0. The minimum absolute atomic E-state index is 0.0205. The van der Waals surface area contributed by atoms with Crippen LogP contribution < -0.4 is 5.32 Å². The van der Waals surface area contributed by atoms with Crippen molar-refractivity contribution in [3.8, 4) is 0 Å². The van der Waals surface area contributed by atoms with E-state index < -0.39 is 5.97 Å². The smallest absolute Gasteiger partial charge is 0.371 e. The molecule has 0 fully saturated rings. The van der Waals surface area contributed by atoms with Crippen LogP contribution in [0.25, 0.3) is 0 Å². The SMILES string of the molecule is Cc1oc(C(=O)O)cc1CN[C@@H](C)c1ccccc1Br. The van der Waals surface area contributed by atoms with Crippen LogP contribution in [0.1, 0.15) is 40.4 Å². The lowest BCUT2D eigenvalue weighted by Crippen LogP contribution is -2.18. The summed E-state index contributed by atoms with van der Waals surface area (Å²) in [5.74, 6) is -0.430. The maximum Gasteiger partial charge on any atom is 0.371 e. The van der Waals surface area contributed by atoms with Crippen molar-refractivity contribution in [1.82, 2.24) is 5.32 Å². The molecule has 20 heavy (non-hydrogen) atoms. The van der Waals surface area contributed by atoms with Crippen LogP contribution in [0, 0.1) is 6.92 Å². The first-order chi connectivity index (χ1) is 9.49. The van der Waals surface area contributed by atoms with Gasteiger partial charge in [-0.15, -0.1) is 0 Å². The van der Waals surface area contributed by atoms with Crippen molar-refractivity contribution in [1.29, 1.82) is 0 Å². The first-order valence-electron chi connectivity index (χ1n) is 6.29. The van der Waals surface area contributed by atoms with Crippen LogP contribution in [0.2, 0.25) is 0 Å². The molecule has 0 aliphatic carbocycles. The standard InChI is InChI=1S/C15H16BrNO3/c1-9(12-5-3-4-6-13(12)16)17-8-11-7-14(15(18)19)20-10(11)2/h3-7,9,17H,8H2,1-2H3,(H,18,19)/t9-/m0/s1. The number of rotatable bonds is 5. The number of carboxylic acids is 1. The Morgan fingerprint density at radius 2 is 2.15 bits per heavy atom. The number of nitrogens with one attached hydrogen (secondary N) is 1. The van der Waals surface area contributed by atoms with E-state index in [1.54, 1.807) is 13.0 Å². The Balaban J connectivity index is 2.05. The zero-order valence-electron chi connectivity index (χ0n) is 11.3. The van der Waals surface area contributed by atoms with Gasteiger partial charge in [-0.2, -0.15) is 0 Å². The summed E-state index contributed by atoms with van der Waals surface area (Å²) in [6.07, 6.45) is 0. The average Bonchev–Trinajstić information content (AvgIpc) is 2.78. The Bertz CT molecular complexity index is 621. The van der Waals surface area contributed by atoms with Crippen molar-refractivity contribution >= 4 is 21.9 Å². The highest BCUT2D eigenvalue weighted by molar-refractivity contribution is 9.10. The molecule has 0 bridgehead atoms. The maximum atomic E-state index is 10.9. The van der Waals surface area contributed by atoms with E-state index in [-0.39, 0.29) is 11.8 Å². The van der Waals surface area contributed by atoms with Gasteiger partial charge in [-0.1, -0.05) is 34.1 Å². The normalized spacial score (nSPS) is 12.3. The minimum Gasteiger partial charge on any atom is -0.475 e. The summed E-state index contributed by atoms with van der Waals surface area (Å²) in [6, 6.07) is 9.72. The second-order valence-electron chi connectivity index (χ2n) is 4.62. The van der Waals surface area contributed by atoms with E-state index in [9.17, 15) is 4.79 Å². The van der Waals surface area contributed by atoms with Crippen LogP contribution >= 0.6 is 15.9 Å². The lowest BCUT2D eigenvalue weighted by atomic mass is 10.1. The molecule has 106 valence electrons. The number of hydrogen-bond donors (Lipinski definition) is 2. The van der Waals surface area contributed by atoms with Crippen LogP contribution in [0.5, 0.6) is 0 Å². The molecule has 0 saturated carbocycles. The average molecular weight is 338 g/mol. The first kappa shape index (κ1) is 14.8. The molecule has 0 saturated heterocycles. The van der Waals surface area contributed by atoms with Gasteiger partial charge in [0.25, 0.3) is 0 Å². The van der Waals surface area contributed by atoms with E-state index in [0.717, 1.165) is 15.6 Å². The van der Waals surface area contributed by atoms with E-state index >= 15 is 0 Å². The Kier molecular flexibility index (Phi) is 4.62. The van der Waals surface area contributed by atoms with E-state index in [1.165, 1.54) is 0 Å². The number of hydrogen-bond acceptors (Lipinski definition) is 3. The van der Waals surface area contributed by atoms with E-state index in [1.807, 2.05) is 24.3 Å². The number of halogens is 1. The molecule has 0 spiro atoms. The molecule has 2 rings (SSSR count). The molecule has 0 radical (unpaired) electrons. The number of aromatic carboxylic acids is 1. The maximum absolute atomic E-state index is 10.9. The Labute approximate surface area is 125 Å². The summed E-state index contributed by atoms with van der Waals surface area (Å²) < 4.78 is 6.24. The van der Waals surface area contributed by atoms with Gasteiger partial charge >= 0.3 is 5.97 Å². The van der Waals surface area contributed by atoms with Crippen LogP contribution in [0.15, 0.2) is 39.2 Å². The predicted octanol–water partition coefficient (Wildman–Crippen LogP) is 3.90. The van der Waals surface area contributed by atoms with Crippen LogP contribution in [0.3, 0.4) is 0 Å². The molecule has 1 aromatic heterocycles. The van der Waals surface area contributed by atoms with E-state index in [2.05, 4.69) is 28.2 Å². The number of benzene rings is 1. The number of carboxylic acid groups (broad SMARTS) is 1. The van der Waals surface area contributed by atoms with Gasteiger partial charge in [0.15, 0.2) is 0 Å². The molecule has 1 heterocycles. The molecular weight excluding hydrogens is 322 g/mol. The van der Waals surface area contributed by atoms with Crippen molar-refractivity contribution < 1.29 is 14.3 Å². The third-order valence-electron chi connectivity index (χ3n) is 3.20. The third kappa shape index (κ3) is 3.29. The fourth-order valence-corrected chi connectivity index (χ4v) is 2.63. The fraction of sp³-hybridized carbons (Fsp3) is 0.267. The molecule has 2 aromatic rings. The number of carbonyl (C=O) groups is 1. The first-order valence-corrected chi connectivity index (χ1v) is 7.08. The molecule has 1 aromatic carbocycles. The van der Waals surface area contributed by atoms with E-state index in [0.29, 0.717) is 12.3 Å². The molecule has 0 amide bonds. The van der Waals surface area contributed by atoms with Crippen LogP contribution in [0.4, 0.5) is 0 Å². The molecule has 0 aliphatic rings. The summed E-state index contributed by atoms with van der Waals surface area (Å²) >= 11 is 3.52. The van der Waals surface area contributed by atoms with Crippen LogP contribution in [-0.2, 0) is 6.54 Å². The Hall–Kier alpha value is -1.59. The van der Waals surface area contributed by atoms with Crippen LogP contribution in [-0.4, -0.2) is 11.1 Å².